The van der Waals surface area contributed by atoms with Crippen LogP contribution in [0.2, 0.25) is 0 Å². The van der Waals surface area contributed by atoms with Gasteiger partial charge in [0.2, 0.25) is 5.91 Å². The van der Waals surface area contributed by atoms with Crippen molar-refractivity contribution >= 4 is 23.8 Å². The third-order valence-electron chi connectivity index (χ3n) is 4.25. The zero-order chi connectivity index (χ0) is 16.7. The highest BCUT2D eigenvalue weighted by Gasteiger charge is 2.56. The van der Waals surface area contributed by atoms with E-state index in [2.05, 4.69) is 10.6 Å². The van der Waals surface area contributed by atoms with Gasteiger partial charge < -0.3 is 15.7 Å². The molecule has 0 bridgehead atoms. The van der Waals surface area contributed by atoms with Crippen LogP contribution in [0.1, 0.15) is 33.6 Å². The Morgan fingerprint density at radius 2 is 2.00 bits per heavy atom. The van der Waals surface area contributed by atoms with E-state index in [1.54, 1.807) is 20.8 Å². The predicted molar refractivity (Wildman–Crippen MR) is 75.8 cm³/mol. The number of rotatable bonds is 6. The molecule has 22 heavy (non-hydrogen) atoms. The van der Waals surface area contributed by atoms with Gasteiger partial charge in [0.15, 0.2) is 0 Å². The molecule has 8 nitrogen and oxygen atoms in total. The van der Waals surface area contributed by atoms with Crippen LogP contribution in [0.3, 0.4) is 0 Å². The maximum absolute atomic E-state index is 12.4. The number of amides is 4. The number of hydrogen-bond acceptors (Lipinski definition) is 4. The zero-order valence-corrected chi connectivity index (χ0v) is 12.9. The number of carboxylic acids is 1. The molecule has 3 N–H and O–H groups in total. The molecule has 0 aromatic rings. The Morgan fingerprint density at radius 3 is 2.45 bits per heavy atom. The molecule has 1 aliphatic carbocycles. The van der Waals surface area contributed by atoms with Gasteiger partial charge in [-0.15, -0.1) is 0 Å². The third-order valence-corrected chi connectivity index (χ3v) is 4.25. The van der Waals surface area contributed by atoms with E-state index < -0.39 is 41.9 Å². The lowest BCUT2D eigenvalue weighted by Crippen LogP contribution is -2.50. The van der Waals surface area contributed by atoms with Crippen molar-refractivity contribution < 1.29 is 24.3 Å². The molecule has 2 aliphatic rings. The first kappa shape index (κ1) is 16.3. The van der Waals surface area contributed by atoms with Crippen LogP contribution in [-0.2, 0) is 14.4 Å². The summed E-state index contributed by atoms with van der Waals surface area (Å²) in [5.74, 6) is -2.43. The van der Waals surface area contributed by atoms with Gasteiger partial charge in [0, 0.05) is 0 Å². The second-order valence-electron chi connectivity index (χ2n) is 6.43. The standard InChI is InChI=1S/C14H21N3O5/c1-7(2)10(11(19)20)15-9(18)6-17-12(21)14(3,8-4-5-8)16-13(17)22/h7-8,10H,4-6H2,1-3H3,(H,15,18)(H,16,22)(H,19,20)/t10-,14+/m1/s1. The molecule has 122 valence electrons. The smallest absolute Gasteiger partial charge is 0.326 e. The van der Waals surface area contributed by atoms with Crippen molar-refractivity contribution in [3.63, 3.8) is 0 Å². The molecule has 1 heterocycles. The van der Waals surface area contributed by atoms with Crippen molar-refractivity contribution in [1.29, 1.82) is 0 Å². The highest BCUT2D eigenvalue weighted by Crippen LogP contribution is 2.42. The van der Waals surface area contributed by atoms with E-state index in [0.29, 0.717) is 0 Å². The van der Waals surface area contributed by atoms with E-state index in [-0.39, 0.29) is 11.8 Å². The van der Waals surface area contributed by atoms with Gasteiger partial charge in [0.05, 0.1) is 0 Å². The van der Waals surface area contributed by atoms with Gasteiger partial charge in [-0.2, -0.15) is 0 Å². The van der Waals surface area contributed by atoms with Crippen LogP contribution in [0, 0.1) is 11.8 Å². The summed E-state index contributed by atoms with van der Waals surface area (Å²) in [7, 11) is 0. The second-order valence-corrected chi connectivity index (χ2v) is 6.43. The topological polar surface area (TPSA) is 116 Å². The minimum Gasteiger partial charge on any atom is -0.480 e. The third kappa shape index (κ3) is 2.90. The summed E-state index contributed by atoms with van der Waals surface area (Å²) >= 11 is 0. The van der Waals surface area contributed by atoms with Crippen LogP contribution >= 0.6 is 0 Å². The largest absolute Gasteiger partial charge is 0.480 e. The molecule has 0 spiro atoms. The molecule has 1 saturated heterocycles. The molecule has 2 fully saturated rings. The quantitative estimate of drug-likeness (QED) is 0.594. The molecule has 1 saturated carbocycles. The van der Waals surface area contributed by atoms with Crippen molar-refractivity contribution in [2.24, 2.45) is 11.8 Å². The van der Waals surface area contributed by atoms with E-state index in [1.165, 1.54) is 0 Å². The number of carboxylic acid groups (broad SMARTS) is 1. The lowest BCUT2D eigenvalue weighted by atomic mass is 9.96. The van der Waals surface area contributed by atoms with Gasteiger partial charge in [0.1, 0.15) is 18.1 Å². The second kappa shape index (κ2) is 5.58. The van der Waals surface area contributed by atoms with Crippen molar-refractivity contribution in [1.82, 2.24) is 15.5 Å². The maximum Gasteiger partial charge on any atom is 0.326 e. The fourth-order valence-electron chi connectivity index (χ4n) is 2.67. The number of carbonyl (C=O) groups excluding carboxylic acids is 3. The van der Waals surface area contributed by atoms with Gasteiger partial charge in [-0.1, -0.05) is 13.8 Å². The van der Waals surface area contributed by atoms with E-state index in [4.69, 9.17) is 5.11 Å². The number of nitrogens with zero attached hydrogens (tertiary/aromatic N) is 1. The van der Waals surface area contributed by atoms with Crippen LogP contribution in [-0.4, -0.2) is 51.9 Å². The number of carbonyl (C=O) groups is 4. The van der Waals surface area contributed by atoms with E-state index in [9.17, 15) is 19.2 Å². The van der Waals surface area contributed by atoms with Crippen molar-refractivity contribution in [3.8, 4) is 0 Å². The summed E-state index contributed by atoms with van der Waals surface area (Å²) in [6, 6.07) is -1.66. The van der Waals surface area contributed by atoms with Gasteiger partial charge in [-0.25, -0.2) is 9.59 Å². The van der Waals surface area contributed by atoms with Gasteiger partial charge in [0.25, 0.3) is 5.91 Å². The number of aliphatic carboxylic acids is 1. The molecule has 0 radical (unpaired) electrons. The molecule has 0 unspecified atom stereocenters. The monoisotopic (exact) mass is 311 g/mol. The summed E-state index contributed by atoms with van der Waals surface area (Å²) < 4.78 is 0. The minimum absolute atomic E-state index is 0.111. The molecule has 8 heteroatoms. The first-order valence-electron chi connectivity index (χ1n) is 7.33. The fraction of sp³-hybridized carbons (Fsp3) is 0.714. The van der Waals surface area contributed by atoms with Crippen LogP contribution < -0.4 is 10.6 Å². The minimum atomic E-state index is -1.15. The van der Waals surface area contributed by atoms with Crippen molar-refractivity contribution in [2.75, 3.05) is 6.54 Å². The highest BCUT2D eigenvalue weighted by molar-refractivity contribution is 6.09. The molecule has 4 amide bonds. The molecule has 0 aromatic heterocycles. The molecule has 2 rings (SSSR count). The van der Waals surface area contributed by atoms with Gasteiger partial charge >= 0.3 is 12.0 Å². The first-order valence-corrected chi connectivity index (χ1v) is 7.33. The fourth-order valence-corrected chi connectivity index (χ4v) is 2.67. The highest BCUT2D eigenvalue weighted by atomic mass is 16.4. The molecular weight excluding hydrogens is 290 g/mol. The number of urea groups is 1. The normalized spacial score (nSPS) is 26.1. The van der Waals surface area contributed by atoms with E-state index >= 15 is 0 Å². The summed E-state index contributed by atoms with van der Waals surface area (Å²) in [6.45, 7) is 4.52. The number of imide groups is 1. The summed E-state index contributed by atoms with van der Waals surface area (Å²) in [6.07, 6.45) is 1.74. The average molecular weight is 311 g/mol. The molecule has 0 aromatic carbocycles. The Kier molecular flexibility index (Phi) is 4.12. The van der Waals surface area contributed by atoms with Crippen LogP contribution in [0.4, 0.5) is 4.79 Å². The summed E-state index contributed by atoms with van der Waals surface area (Å²) in [4.78, 5) is 48.2. The van der Waals surface area contributed by atoms with Crippen molar-refractivity contribution in [3.05, 3.63) is 0 Å². The summed E-state index contributed by atoms with van der Waals surface area (Å²) in [5, 5.41) is 14.0. The Labute approximate surface area is 128 Å². The van der Waals surface area contributed by atoms with Crippen LogP contribution in [0.15, 0.2) is 0 Å². The Balaban J connectivity index is 2.01. The number of nitrogens with one attached hydrogen (secondary N) is 2. The van der Waals surface area contributed by atoms with E-state index in [0.717, 1.165) is 17.7 Å². The molecule has 1 aliphatic heterocycles. The Bertz CT molecular complexity index is 529. The Hall–Kier alpha value is -2.12. The lowest BCUT2D eigenvalue weighted by molar-refractivity contribution is -0.143. The van der Waals surface area contributed by atoms with Gasteiger partial charge in [-0.3, -0.25) is 14.5 Å². The average Bonchev–Trinajstić information content (AvgIpc) is 3.22. The Morgan fingerprint density at radius 1 is 1.41 bits per heavy atom. The number of hydrogen-bond donors (Lipinski definition) is 3. The van der Waals surface area contributed by atoms with Gasteiger partial charge in [-0.05, 0) is 31.6 Å². The van der Waals surface area contributed by atoms with Crippen molar-refractivity contribution in [2.45, 2.75) is 45.2 Å². The first-order chi connectivity index (χ1) is 10.2. The van der Waals surface area contributed by atoms with E-state index in [1.807, 2.05) is 0 Å². The predicted octanol–water partition coefficient (Wildman–Crippen LogP) is -0.0677. The molecule has 2 atom stereocenters. The summed E-state index contributed by atoms with van der Waals surface area (Å²) in [5.41, 5.74) is -0.943. The zero-order valence-electron chi connectivity index (χ0n) is 12.9. The maximum atomic E-state index is 12.4. The lowest BCUT2D eigenvalue weighted by Gasteiger charge is -2.22. The van der Waals surface area contributed by atoms with Crippen LogP contribution in [0.5, 0.6) is 0 Å². The van der Waals surface area contributed by atoms with Crippen LogP contribution in [0.25, 0.3) is 0 Å². The SMILES string of the molecule is CC(C)[C@@H](NC(=O)CN1C(=O)N[C@@](C)(C2CC2)C1=O)C(=O)O. The molecular formula is C14H21N3O5.